The summed E-state index contributed by atoms with van der Waals surface area (Å²) in [7, 11) is 0. The van der Waals surface area contributed by atoms with Crippen LogP contribution in [-0.2, 0) is 17.8 Å². The molecule has 1 aromatic heterocycles. The highest BCUT2D eigenvalue weighted by atomic mass is 35.5. The number of aryl methyl sites for hydroxylation is 2. The van der Waals surface area contributed by atoms with E-state index in [-0.39, 0.29) is 12.3 Å². The first-order valence-electron chi connectivity index (χ1n) is 10.3. The second kappa shape index (κ2) is 9.60. The number of rotatable bonds is 6. The van der Waals surface area contributed by atoms with Gasteiger partial charge in [0, 0.05) is 39.3 Å². The largest absolute Gasteiger partial charge is 0.342 e. The van der Waals surface area contributed by atoms with Crippen molar-refractivity contribution in [3.05, 3.63) is 105 Å². The maximum atomic E-state index is 12.3. The number of halogens is 2. The fourth-order valence-corrected chi connectivity index (χ4v) is 4.12. The van der Waals surface area contributed by atoms with Crippen LogP contribution >= 0.6 is 23.2 Å². The number of nitrogens with one attached hydrogen (secondary N) is 1. The zero-order chi connectivity index (χ0) is 22.7. The average molecular weight is 464 g/mol. The number of hydrazone groups is 1. The van der Waals surface area contributed by atoms with Gasteiger partial charge in [0.15, 0.2) is 0 Å². The molecule has 0 bridgehead atoms. The Labute approximate surface area is 197 Å². The normalized spacial score (nSPS) is 11.4. The minimum Gasteiger partial charge on any atom is -0.342 e. The van der Waals surface area contributed by atoms with Crippen LogP contribution in [0.5, 0.6) is 0 Å². The Balaban J connectivity index is 1.51. The summed E-state index contributed by atoms with van der Waals surface area (Å²) < 4.78 is 2.11. The predicted octanol–water partition coefficient (Wildman–Crippen LogP) is 6.31. The predicted molar refractivity (Wildman–Crippen MR) is 133 cm³/mol. The Bertz CT molecular complexity index is 1320. The molecule has 0 aliphatic heterocycles. The fraction of sp³-hybridized carbons (Fsp3) is 0.154. The standard InChI is InChI=1S/C26H23Cl2N3O/c1-17-7-8-19(11-18(17)2)12-26(32)30-29-14-21-16-31(25-6-4-3-5-23(21)25)15-20-9-10-22(27)13-24(20)28/h3-11,13-14,16H,12,15H2,1-2H3,(H,30,32)/b29-14-. The highest BCUT2D eigenvalue weighted by molar-refractivity contribution is 6.35. The SMILES string of the molecule is Cc1ccc(CC(=O)N/N=C\c2cn(Cc3ccc(Cl)cc3Cl)c3ccccc23)cc1C. The van der Waals surface area contributed by atoms with Crippen LogP contribution in [0.2, 0.25) is 10.0 Å². The van der Waals surface area contributed by atoms with E-state index in [1.807, 2.05) is 61.7 Å². The molecule has 0 saturated heterocycles. The zero-order valence-corrected chi connectivity index (χ0v) is 19.4. The molecule has 0 aliphatic carbocycles. The molecule has 162 valence electrons. The third kappa shape index (κ3) is 5.04. The van der Waals surface area contributed by atoms with Crippen molar-refractivity contribution >= 4 is 46.2 Å². The van der Waals surface area contributed by atoms with E-state index in [1.165, 1.54) is 11.1 Å². The van der Waals surface area contributed by atoms with E-state index in [4.69, 9.17) is 23.2 Å². The van der Waals surface area contributed by atoms with Gasteiger partial charge in [-0.2, -0.15) is 5.10 Å². The van der Waals surface area contributed by atoms with Crippen LogP contribution in [0, 0.1) is 13.8 Å². The summed E-state index contributed by atoms with van der Waals surface area (Å²) in [6.45, 7) is 4.70. The molecule has 0 fully saturated rings. The fourth-order valence-electron chi connectivity index (χ4n) is 3.65. The molecule has 0 unspecified atom stereocenters. The number of amides is 1. The minimum atomic E-state index is -0.152. The second-order valence-corrected chi connectivity index (χ2v) is 8.70. The number of carbonyl (C=O) groups excluding carboxylic acids is 1. The van der Waals surface area contributed by atoms with Crippen LogP contribution in [0.15, 0.2) is 72.0 Å². The lowest BCUT2D eigenvalue weighted by molar-refractivity contribution is -0.120. The summed E-state index contributed by atoms with van der Waals surface area (Å²) in [5, 5.41) is 6.48. The quantitative estimate of drug-likeness (QED) is 0.264. The van der Waals surface area contributed by atoms with Gasteiger partial charge in [-0.15, -0.1) is 0 Å². The van der Waals surface area contributed by atoms with Crippen molar-refractivity contribution in [2.45, 2.75) is 26.8 Å². The van der Waals surface area contributed by atoms with Crippen LogP contribution in [0.4, 0.5) is 0 Å². The third-order valence-electron chi connectivity index (χ3n) is 5.50. The van der Waals surface area contributed by atoms with E-state index in [0.29, 0.717) is 16.6 Å². The van der Waals surface area contributed by atoms with Crippen LogP contribution in [0.25, 0.3) is 10.9 Å². The average Bonchev–Trinajstić information content (AvgIpc) is 3.10. The molecule has 0 radical (unpaired) electrons. The van der Waals surface area contributed by atoms with Crippen molar-refractivity contribution < 1.29 is 4.79 Å². The van der Waals surface area contributed by atoms with Gasteiger partial charge in [0.2, 0.25) is 5.91 Å². The van der Waals surface area contributed by atoms with E-state index < -0.39 is 0 Å². The van der Waals surface area contributed by atoms with E-state index in [0.717, 1.165) is 27.6 Å². The molecular weight excluding hydrogens is 441 g/mol. The second-order valence-electron chi connectivity index (χ2n) is 7.85. The van der Waals surface area contributed by atoms with E-state index in [2.05, 4.69) is 28.1 Å². The highest BCUT2D eigenvalue weighted by Gasteiger charge is 2.10. The Morgan fingerprint density at radius 3 is 2.62 bits per heavy atom. The monoisotopic (exact) mass is 463 g/mol. The molecule has 6 heteroatoms. The topological polar surface area (TPSA) is 46.4 Å². The first-order chi connectivity index (χ1) is 15.4. The highest BCUT2D eigenvalue weighted by Crippen LogP contribution is 2.25. The minimum absolute atomic E-state index is 0.152. The van der Waals surface area contributed by atoms with Crippen molar-refractivity contribution in [3.63, 3.8) is 0 Å². The van der Waals surface area contributed by atoms with E-state index in [9.17, 15) is 4.79 Å². The number of aromatic nitrogens is 1. The lowest BCUT2D eigenvalue weighted by Gasteiger charge is -2.08. The zero-order valence-electron chi connectivity index (χ0n) is 17.9. The Morgan fingerprint density at radius 2 is 1.84 bits per heavy atom. The van der Waals surface area contributed by atoms with Gasteiger partial charge in [-0.1, -0.05) is 65.7 Å². The molecule has 1 amide bonds. The molecule has 4 nitrogen and oxygen atoms in total. The number of nitrogens with zero attached hydrogens (tertiary/aromatic N) is 2. The summed E-state index contributed by atoms with van der Waals surface area (Å²) in [6.07, 6.45) is 3.98. The van der Waals surface area contributed by atoms with Gasteiger partial charge in [-0.25, -0.2) is 5.43 Å². The Kier molecular flexibility index (Phi) is 6.63. The van der Waals surface area contributed by atoms with E-state index in [1.54, 1.807) is 12.3 Å². The van der Waals surface area contributed by atoms with Gasteiger partial charge in [0.25, 0.3) is 0 Å². The lowest BCUT2D eigenvalue weighted by atomic mass is 10.0. The van der Waals surface area contributed by atoms with Gasteiger partial charge in [0.1, 0.15) is 0 Å². The first kappa shape index (κ1) is 22.1. The van der Waals surface area contributed by atoms with Crippen LogP contribution in [0.1, 0.15) is 27.8 Å². The summed E-state index contributed by atoms with van der Waals surface area (Å²) in [5.41, 5.74) is 8.94. The molecule has 32 heavy (non-hydrogen) atoms. The summed E-state index contributed by atoms with van der Waals surface area (Å²) in [5.74, 6) is -0.152. The van der Waals surface area contributed by atoms with Crippen molar-refractivity contribution in [2.75, 3.05) is 0 Å². The van der Waals surface area contributed by atoms with Gasteiger partial charge < -0.3 is 4.57 Å². The first-order valence-corrected chi connectivity index (χ1v) is 11.1. The van der Waals surface area contributed by atoms with Crippen molar-refractivity contribution in [3.8, 4) is 0 Å². The number of para-hydroxylation sites is 1. The van der Waals surface area contributed by atoms with Gasteiger partial charge in [-0.05, 0) is 54.3 Å². The molecule has 0 spiro atoms. The van der Waals surface area contributed by atoms with Crippen molar-refractivity contribution in [2.24, 2.45) is 5.10 Å². The molecule has 0 atom stereocenters. The summed E-state index contributed by atoms with van der Waals surface area (Å²) in [6, 6.07) is 19.6. The molecule has 1 N–H and O–H groups in total. The molecule has 1 heterocycles. The number of carbonyl (C=O) groups is 1. The van der Waals surface area contributed by atoms with Gasteiger partial charge in [-0.3, -0.25) is 4.79 Å². The van der Waals surface area contributed by atoms with Crippen LogP contribution in [-0.4, -0.2) is 16.7 Å². The number of hydrogen-bond acceptors (Lipinski definition) is 2. The maximum Gasteiger partial charge on any atom is 0.244 e. The molecular formula is C26H23Cl2N3O. The molecule has 4 aromatic rings. The third-order valence-corrected chi connectivity index (χ3v) is 6.09. The van der Waals surface area contributed by atoms with Crippen molar-refractivity contribution in [1.82, 2.24) is 9.99 Å². The molecule has 4 rings (SSSR count). The smallest absolute Gasteiger partial charge is 0.244 e. The summed E-state index contributed by atoms with van der Waals surface area (Å²) in [4.78, 5) is 12.3. The molecule has 3 aromatic carbocycles. The Hall–Kier alpha value is -3.08. The maximum absolute atomic E-state index is 12.3. The number of hydrogen-bond donors (Lipinski definition) is 1. The lowest BCUT2D eigenvalue weighted by Crippen LogP contribution is -2.19. The molecule has 0 aliphatic rings. The van der Waals surface area contributed by atoms with E-state index >= 15 is 0 Å². The summed E-state index contributed by atoms with van der Waals surface area (Å²) >= 11 is 12.4. The van der Waals surface area contributed by atoms with Gasteiger partial charge in [0.05, 0.1) is 12.6 Å². The Morgan fingerprint density at radius 1 is 1.03 bits per heavy atom. The van der Waals surface area contributed by atoms with Crippen molar-refractivity contribution in [1.29, 1.82) is 0 Å². The molecule has 0 saturated carbocycles. The number of fused-ring (bicyclic) bond motifs is 1. The van der Waals surface area contributed by atoms with Gasteiger partial charge >= 0.3 is 0 Å². The van der Waals surface area contributed by atoms with Crippen LogP contribution < -0.4 is 5.43 Å². The number of benzene rings is 3. The van der Waals surface area contributed by atoms with Crippen LogP contribution in [0.3, 0.4) is 0 Å².